The molecular formula is C20H30N4O6. The van der Waals surface area contributed by atoms with E-state index in [0.29, 0.717) is 0 Å². The van der Waals surface area contributed by atoms with Crippen LogP contribution < -0.4 is 21.7 Å². The lowest BCUT2D eigenvalue weighted by molar-refractivity contribution is -0.146. The van der Waals surface area contributed by atoms with Crippen molar-refractivity contribution in [2.24, 2.45) is 11.7 Å². The van der Waals surface area contributed by atoms with E-state index in [9.17, 15) is 24.3 Å². The third-order valence-electron chi connectivity index (χ3n) is 4.34. The van der Waals surface area contributed by atoms with Gasteiger partial charge in [-0.05, 0) is 37.0 Å². The minimum atomic E-state index is -0.919. The van der Waals surface area contributed by atoms with Crippen molar-refractivity contribution in [1.82, 2.24) is 16.0 Å². The number of ether oxygens (including phenoxy) is 1. The van der Waals surface area contributed by atoms with Crippen molar-refractivity contribution in [3.05, 3.63) is 29.8 Å². The highest BCUT2D eigenvalue weighted by molar-refractivity contribution is 5.92. The van der Waals surface area contributed by atoms with E-state index >= 15 is 0 Å². The fourth-order valence-corrected chi connectivity index (χ4v) is 2.53. The second-order valence-corrected chi connectivity index (χ2v) is 7.24. The van der Waals surface area contributed by atoms with Crippen molar-refractivity contribution in [2.75, 3.05) is 13.7 Å². The topological polar surface area (TPSA) is 160 Å². The van der Waals surface area contributed by atoms with E-state index in [-0.39, 0.29) is 24.6 Å². The maximum Gasteiger partial charge on any atom is 0.328 e. The average Bonchev–Trinajstić information content (AvgIpc) is 2.70. The zero-order valence-corrected chi connectivity index (χ0v) is 17.6. The fourth-order valence-electron chi connectivity index (χ4n) is 2.53. The summed E-state index contributed by atoms with van der Waals surface area (Å²) in [6, 6.07) is 3.65. The Morgan fingerprint density at radius 3 is 2.17 bits per heavy atom. The standard InChI is InChI=1S/C20H30N4O6/c1-11(2)17(20(29)30-4)24-16(26)10-22-18(27)12(3)23-19(28)15(21)9-13-5-7-14(25)8-6-13/h5-8,11-12,15,17,25H,9-10,21H2,1-4H3,(H,22,27)(H,23,28)(H,24,26). The second-order valence-electron chi connectivity index (χ2n) is 7.24. The highest BCUT2D eigenvalue weighted by Crippen LogP contribution is 2.11. The normalized spacial score (nSPS) is 13.7. The van der Waals surface area contributed by atoms with Gasteiger partial charge in [-0.3, -0.25) is 14.4 Å². The van der Waals surface area contributed by atoms with Gasteiger partial charge in [-0.25, -0.2) is 4.79 Å². The SMILES string of the molecule is COC(=O)C(NC(=O)CNC(=O)C(C)NC(=O)C(N)Cc1ccc(O)cc1)C(C)C. The summed E-state index contributed by atoms with van der Waals surface area (Å²) >= 11 is 0. The monoisotopic (exact) mass is 422 g/mol. The summed E-state index contributed by atoms with van der Waals surface area (Å²) < 4.78 is 4.64. The molecule has 0 aliphatic heterocycles. The van der Waals surface area contributed by atoms with Crippen LogP contribution in [0.1, 0.15) is 26.3 Å². The van der Waals surface area contributed by atoms with Gasteiger partial charge in [-0.1, -0.05) is 26.0 Å². The van der Waals surface area contributed by atoms with Gasteiger partial charge in [0.05, 0.1) is 19.7 Å². The number of esters is 1. The van der Waals surface area contributed by atoms with Crippen LogP contribution in [0.15, 0.2) is 24.3 Å². The molecule has 0 spiro atoms. The molecule has 3 unspecified atom stereocenters. The van der Waals surface area contributed by atoms with Gasteiger partial charge in [-0.15, -0.1) is 0 Å². The molecule has 0 heterocycles. The number of hydrogen-bond acceptors (Lipinski definition) is 7. The zero-order valence-electron chi connectivity index (χ0n) is 17.6. The van der Waals surface area contributed by atoms with Gasteiger partial charge >= 0.3 is 5.97 Å². The number of hydrogen-bond donors (Lipinski definition) is 5. The van der Waals surface area contributed by atoms with Gasteiger partial charge in [-0.2, -0.15) is 0 Å². The molecule has 0 aromatic heterocycles. The summed E-state index contributed by atoms with van der Waals surface area (Å²) in [5.74, 6) is -2.32. The number of rotatable bonds is 10. The molecule has 3 atom stereocenters. The summed E-state index contributed by atoms with van der Waals surface area (Å²) in [5.41, 5.74) is 6.63. The Morgan fingerprint density at radius 1 is 1.03 bits per heavy atom. The molecule has 1 rings (SSSR count). The Labute approximate surface area is 175 Å². The number of aromatic hydroxyl groups is 1. The second kappa shape index (κ2) is 11.8. The lowest BCUT2D eigenvalue weighted by Crippen LogP contribution is -2.53. The first-order valence-corrected chi connectivity index (χ1v) is 9.53. The Balaban J connectivity index is 2.47. The van der Waals surface area contributed by atoms with E-state index in [2.05, 4.69) is 20.7 Å². The molecule has 10 heteroatoms. The van der Waals surface area contributed by atoms with Gasteiger partial charge in [0.15, 0.2) is 0 Å². The van der Waals surface area contributed by atoms with Crippen molar-refractivity contribution in [1.29, 1.82) is 0 Å². The van der Waals surface area contributed by atoms with E-state index in [0.717, 1.165) is 5.56 Å². The third kappa shape index (κ3) is 8.08. The maximum atomic E-state index is 12.2. The van der Waals surface area contributed by atoms with Crippen LogP contribution in [0.3, 0.4) is 0 Å². The van der Waals surface area contributed by atoms with Crippen LogP contribution in [-0.2, 0) is 30.3 Å². The minimum Gasteiger partial charge on any atom is -0.508 e. The number of methoxy groups -OCH3 is 1. The van der Waals surface area contributed by atoms with Crippen LogP contribution >= 0.6 is 0 Å². The number of carbonyl (C=O) groups excluding carboxylic acids is 4. The smallest absolute Gasteiger partial charge is 0.328 e. The first kappa shape index (κ1) is 24.9. The summed E-state index contributed by atoms with van der Waals surface area (Å²) in [4.78, 5) is 48.0. The molecule has 0 saturated heterocycles. The van der Waals surface area contributed by atoms with Crippen molar-refractivity contribution >= 4 is 23.7 Å². The largest absolute Gasteiger partial charge is 0.508 e. The van der Waals surface area contributed by atoms with Gasteiger partial charge in [0.1, 0.15) is 17.8 Å². The van der Waals surface area contributed by atoms with Crippen LogP contribution in [0, 0.1) is 5.92 Å². The van der Waals surface area contributed by atoms with Crippen LogP contribution in [0.25, 0.3) is 0 Å². The summed E-state index contributed by atoms with van der Waals surface area (Å²) in [5, 5.41) is 16.7. The van der Waals surface area contributed by atoms with Crippen LogP contribution in [0.2, 0.25) is 0 Å². The summed E-state index contributed by atoms with van der Waals surface area (Å²) in [6.07, 6.45) is 0.229. The highest BCUT2D eigenvalue weighted by atomic mass is 16.5. The number of phenolic OH excluding ortho intramolecular Hbond substituents is 1. The molecule has 0 saturated carbocycles. The zero-order chi connectivity index (χ0) is 22.8. The number of amides is 3. The Kier molecular flexibility index (Phi) is 9.76. The lowest BCUT2D eigenvalue weighted by atomic mass is 10.0. The van der Waals surface area contributed by atoms with Crippen LogP contribution in [0.4, 0.5) is 0 Å². The molecule has 166 valence electrons. The van der Waals surface area contributed by atoms with Crippen LogP contribution in [0.5, 0.6) is 5.75 Å². The Bertz CT molecular complexity index is 750. The molecule has 1 aromatic rings. The molecule has 0 radical (unpaired) electrons. The van der Waals surface area contributed by atoms with Crippen molar-refractivity contribution in [3.8, 4) is 5.75 Å². The molecule has 10 nitrogen and oxygen atoms in total. The van der Waals surface area contributed by atoms with Crippen LogP contribution in [-0.4, -0.2) is 60.6 Å². The fraction of sp³-hybridized carbons (Fsp3) is 0.500. The number of phenols is 1. The molecule has 0 bridgehead atoms. The lowest BCUT2D eigenvalue weighted by Gasteiger charge is -2.20. The third-order valence-corrected chi connectivity index (χ3v) is 4.34. The molecule has 0 fully saturated rings. The summed E-state index contributed by atoms with van der Waals surface area (Å²) in [6.45, 7) is 4.60. The minimum absolute atomic E-state index is 0.109. The molecule has 6 N–H and O–H groups in total. The number of nitrogens with two attached hydrogens (primary N) is 1. The Hall–Kier alpha value is -3.14. The molecule has 1 aromatic carbocycles. The first-order valence-electron chi connectivity index (χ1n) is 9.53. The summed E-state index contributed by atoms with van der Waals surface area (Å²) in [7, 11) is 1.22. The van der Waals surface area contributed by atoms with Gasteiger partial charge in [0.2, 0.25) is 17.7 Å². The highest BCUT2D eigenvalue weighted by Gasteiger charge is 2.25. The molecule has 0 aliphatic rings. The Morgan fingerprint density at radius 2 is 1.63 bits per heavy atom. The predicted molar refractivity (Wildman–Crippen MR) is 109 cm³/mol. The molecular weight excluding hydrogens is 392 g/mol. The number of carbonyl (C=O) groups is 4. The molecule has 3 amide bonds. The van der Waals surface area contributed by atoms with E-state index in [1.54, 1.807) is 26.0 Å². The number of nitrogens with one attached hydrogen (secondary N) is 3. The molecule has 30 heavy (non-hydrogen) atoms. The average molecular weight is 422 g/mol. The van der Waals surface area contributed by atoms with Crippen molar-refractivity contribution in [3.63, 3.8) is 0 Å². The number of benzene rings is 1. The van der Waals surface area contributed by atoms with E-state index in [1.165, 1.54) is 26.2 Å². The van der Waals surface area contributed by atoms with Crippen molar-refractivity contribution < 1.29 is 29.0 Å². The van der Waals surface area contributed by atoms with E-state index in [1.807, 2.05) is 0 Å². The van der Waals surface area contributed by atoms with E-state index < -0.39 is 41.8 Å². The first-order chi connectivity index (χ1) is 14.0. The van der Waals surface area contributed by atoms with E-state index in [4.69, 9.17) is 5.73 Å². The maximum absolute atomic E-state index is 12.2. The van der Waals surface area contributed by atoms with Gasteiger partial charge in [0, 0.05) is 0 Å². The predicted octanol–water partition coefficient (Wildman–Crippen LogP) is -0.803. The quantitative estimate of drug-likeness (QED) is 0.308. The van der Waals surface area contributed by atoms with Crippen molar-refractivity contribution in [2.45, 2.75) is 45.3 Å². The van der Waals surface area contributed by atoms with Gasteiger partial charge in [0.25, 0.3) is 0 Å². The van der Waals surface area contributed by atoms with Gasteiger partial charge < -0.3 is 31.5 Å². The molecule has 0 aliphatic carbocycles.